The summed E-state index contributed by atoms with van der Waals surface area (Å²) in [5.41, 5.74) is 4.10. The fourth-order valence-corrected chi connectivity index (χ4v) is 0.753. The zero-order chi connectivity index (χ0) is 10.7. The highest BCUT2D eigenvalue weighted by molar-refractivity contribution is 5.80. The standard InChI is InChI=1S/C9H19NO3/c1-8(2,3)13-7(11)9(4,10)6-12-5/h6,10H2,1-5H3. The lowest BCUT2D eigenvalue weighted by Gasteiger charge is -2.27. The molecule has 4 heteroatoms. The maximum atomic E-state index is 11.4. The minimum atomic E-state index is -1.07. The van der Waals surface area contributed by atoms with Crippen LogP contribution in [0.3, 0.4) is 0 Å². The van der Waals surface area contributed by atoms with Crippen molar-refractivity contribution < 1.29 is 14.3 Å². The molecule has 2 N–H and O–H groups in total. The van der Waals surface area contributed by atoms with Crippen LogP contribution in [0.15, 0.2) is 0 Å². The molecule has 0 radical (unpaired) electrons. The molecule has 0 heterocycles. The molecule has 0 aliphatic rings. The lowest BCUT2D eigenvalue weighted by atomic mass is 10.1. The second-order valence-electron chi connectivity index (χ2n) is 4.35. The van der Waals surface area contributed by atoms with E-state index in [-0.39, 0.29) is 6.61 Å². The molecule has 13 heavy (non-hydrogen) atoms. The van der Waals surface area contributed by atoms with Gasteiger partial charge >= 0.3 is 5.97 Å². The van der Waals surface area contributed by atoms with Crippen LogP contribution in [0.25, 0.3) is 0 Å². The van der Waals surface area contributed by atoms with E-state index in [1.807, 2.05) is 0 Å². The summed E-state index contributed by atoms with van der Waals surface area (Å²) in [7, 11) is 1.50. The van der Waals surface area contributed by atoms with Crippen LogP contribution in [0, 0.1) is 0 Å². The van der Waals surface area contributed by atoms with Gasteiger partial charge in [0.1, 0.15) is 11.1 Å². The van der Waals surface area contributed by atoms with E-state index >= 15 is 0 Å². The first-order valence-electron chi connectivity index (χ1n) is 4.20. The van der Waals surface area contributed by atoms with E-state index in [9.17, 15) is 4.79 Å². The van der Waals surface area contributed by atoms with Crippen LogP contribution in [-0.4, -0.2) is 30.8 Å². The second kappa shape index (κ2) is 4.07. The molecule has 4 nitrogen and oxygen atoms in total. The lowest BCUT2D eigenvalue weighted by molar-refractivity contribution is -0.162. The number of methoxy groups -OCH3 is 1. The molecule has 78 valence electrons. The van der Waals surface area contributed by atoms with E-state index < -0.39 is 17.1 Å². The van der Waals surface area contributed by atoms with Crippen molar-refractivity contribution in [3.8, 4) is 0 Å². The molecule has 0 aliphatic carbocycles. The predicted octanol–water partition coefficient (Wildman–Crippen LogP) is 0.692. The highest BCUT2D eigenvalue weighted by Gasteiger charge is 2.33. The number of carbonyl (C=O) groups excluding carboxylic acids is 1. The van der Waals surface area contributed by atoms with Crippen molar-refractivity contribution in [2.75, 3.05) is 13.7 Å². The summed E-state index contributed by atoms with van der Waals surface area (Å²) in [4.78, 5) is 11.4. The zero-order valence-corrected chi connectivity index (χ0v) is 9.01. The first kappa shape index (κ1) is 12.4. The predicted molar refractivity (Wildman–Crippen MR) is 50.3 cm³/mol. The summed E-state index contributed by atoms with van der Waals surface area (Å²) >= 11 is 0. The number of carbonyl (C=O) groups is 1. The summed E-state index contributed by atoms with van der Waals surface area (Å²) in [5.74, 6) is -0.443. The highest BCUT2D eigenvalue weighted by atomic mass is 16.6. The highest BCUT2D eigenvalue weighted by Crippen LogP contribution is 2.12. The van der Waals surface area contributed by atoms with E-state index in [1.54, 1.807) is 27.7 Å². The Morgan fingerprint density at radius 2 is 1.77 bits per heavy atom. The number of hydrogen-bond donors (Lipinski definition) is 1. The van der Waals surface area contributed by atoms with E-state index in [4.69, 9.17) is 15.2 Å². The number of hydrogen-bond acceptors (Lipinski definition) is 4. The van der Waals surface area contributed by atoms with E-state index in [0.717, 1.165) is 0 Å². The Bertz CT molecular complexity index is 182. The van der Waals surface area contributed by atoms with E-state index in [0.29, 0.717) is 0 Å². The van der Waals surface area contributed by atoms with Gasteiger partial charge in [0.25, 0.3) is 0 Å². The number of ether oxygens (including phenoxy) is 2. The number of esters is 1. The van der Waals surface area contributed by atoms with Gasteiger partial charge in [-0.3, -0.25) is 0 Å². The smallest absolute Gasteiger partial charge is 0.328 e. The molecule has 1 unspecified atom stereocenters. The van der Waals surface area contributed by atoms with Gasteiger partial charge in [-0.15, -0.1) is 0 Å². The van der Waals surface area contributed by atoms with Gasteiger partial charge in [0.15, 0.2) is 0 Å². The average molecular weight is 189 g/mol. The molecule has 0 saturated heterocycles. The van der Waals surface area contributed by atoms with Crippen molar-refractivity contribution >= 4 is 5.97 Å². The lowest BCUT2D eigenvalue weighted by Crippen LogP contribution is -2.51. The molecule has 0 aromatic carbocycles. The van der Waals surface area contributed by atoms with Crippen LogP contribution >= 0.6 is 0 Å². The maximum Gasteiger partial charge on any atom is 0.328 e. The van der Waals surface area contributed by atoms with Crippen molar-refractivity contribution in [3.05, 3.63) is 0 Å². The van der Waals surface area contributed by atoms with Gasteiger partial charge in [0.05, 0.1) is 6.61 Å². The number of nitrogens with two attached hydrogens (primary N) is 1. The number of rotatable bonds is 3. The van der Waals surface area contributed by atoms with Crippen LogP contribution in [0.1, 0.15) is 27.7 Å². The molecular weight excluding hydrogens is 170 g/mol. The Labute approximate surface area is 79.4 Å². The van der Waals surface area contributed by atoms with Crippen LogP contribution < -0.4 is 5.73 Å². The molecule has 0 fully saturated rings. The molecule has 0 amide bonds. The summed E-state index contributed by atoms with van der Waals surface area (Å²) in [6.07, 6.45) is 0. The van der Waals surface area contributed by atoms with Crippen molar-refractivity contribution in [1.82, 2.24) is 0 Å². The van der Waals surface area contributed by atoms with Gasteiger partial charge in [-0.1, -0.05) is 0 Å². The normalized spacial score (nSPS) is 16.5. The van der Waals surface area contributed by atoms with Crippen LogP contribution in [0.2, 0.25) is 0 Å². The van der Waals surface area contributed by atoms with Crippen molar-refractivity contribution in [2.24, 2.45) is 5.73 Å². The van der Waals surface area contributed by atoms with Gasteiger partial charge in [-0.25, -0.2) is 4.79 Å². The SMILES string of the molecule is COCC(C)(N)C(=O)OC(C)(C)C. The van der Waals surface area contributed by atoms with Gasteiger partial charge in [0.2, 0.25) is 0 Å². The maximum absolute atomic E-state index is 11.4. The molecule has 0 aromatic rings. The molecule has 1 atom stereocenters. The summed E-state index contributed by atoms with van der Waals surface area (Å²) in [5, 5.41) is 0. The van der Waals surface area contributed by atoms with E-state index in [1.165, 1.54) is 7.11 Å². The van der Waals surface area contributed by atoms with Gasteiger partial charge in [-0.2, -0.15) is 0 Å². The van der Waals surface area contributed by atoms with Gasteiger partial charge < -0.3 is 15.2 Å². The third-order valence-electron chi connectivity index (χ3n) is 1.31. The molecule has 0 saturated carbocycles. The van der Waals surface area contributed by atoms with Crippen molar-refractivity contribution in [1.29, 1.82) is 0 Å². The quantitative estimate of drug-likeness (QED) is 0.663. The summed E-state index contributed by atoms with van der Waals surface area (Å²) in [6, 6.07) is 0. The fourth-order valence-electron chi connectivity index (χ4n) is 0.753. The Morgan fingerprint density at radius 1 is 1.31 bits per heavy atom. The topological polar surface area (TPSA) is 61.5 Å². The molecular formula is C9H19NO3. The zero-order valence-electron chi connectivity index (χ0n) is 9.01. The summed E-state index contributed by atoms with van der Waals surface area (Å²) in [6.45, 7) is 7.14. The molecule has 0 spiro atoms. The van der Waals surface area contributed by atoms with Crippen LogP contribution in [0.4, 0.5) is 0 Å². The Morgan fingerprint density at radius 3 is 2.08 bits per heavy atom. The first-order valence-corrected chi connectivity index (χ1v) is 4.20. The molecule has 0 aliphatic heterocycles. The Balaban J connectivity index is 4.25. The third kappa shape index (κ3) is 4.85. The van der Waals surface area contributed by atoms with Crippen LogP contribution in [0.5, 0.6) is 0 Å². The fraction of sp³-hybridized carbons (Fsp3) is 0.889. The molecule has 0 rings (SSSR count). The Kier molecular flexibility index (Phi) is 3.88. The Hall–Kier alpha value is -0.610. The van der Waals surface area contributed by atoms with Crippen LogP contribution in [-0.2, 0) is 14.3 Å². The third-order valence-corrected chi connectivity index (χ3v) is 1.31. The van der Waals surface area contributed by atoms with Gasteiger partial charge in [-0.05, 0) is 27.7 Å². The van der Waals surface area contributed by atoms with E-state index in [2.05, 4.69) is 0 Å². The minimum Gasteiger partial charge on any atom is -0.459 e. The summed E-state index contributed by atoms with van der Waals surface area (Å²) < 4.78 is 9.93. The molecule has 0 bridgehead atoms. The minimum absolute atomic E-state index is 0.155. The van der Waals surface area contributed by atoms with Gasteiger partial charge in [0, 0.05) is 7.11 Å². The largest absolute Gasteiger partial charge is 0.459 e. The molecule has 0 aromatic heterocycles. The first-order chi connectivity index (χ1) is 5.69. The second-order valence-corrected chi connectivity index (χ2v) is 4.35. The van der Waals surface area contributed by atoms with Crippen molar-refractivity contribution in [3.63, 3.8) is 0 Å². The average Bonchev–Trinajstić information content (AvgIpc) is 1.82. The monoisotopic (exact) mass is 189 g/mol. The van der Waals surface area contributed by atoms with Crippen molar-refractivity contribution in [2.45, 2.75) is 38.8 Å².